The van der Waals surface area contributed by atoms with Gasteiger partial charge in [-0.15, -0.1) is 0 Å². The molecule has 0 aliphatic carbocycles. The van der Waals surface area contributed by atoms with Gasteiger partial charge in [0, 0.05) is 16.9 Å². The molecule has 4 nitrogen and oxygen atoms in total. The number of nitrogens with two attached hydrogens (primary N) is 1. The summed E-state index contributed by atoms with van der Waals surface area (Å²) in [5.74, 6) is -0.107. The number of hydrogen-bond donors (Lipinski definition) is 3. The molecule has 1 amide bonds. The van der Waals surface area contributed by atoms with Crippen LogP contribution in [0.2, 0.25) is 0 Å². The van der Waals surface area contributed by atoms with Crippen molar-refractivity contribution in [2.75, 3.05) is 11.1 Å². The first-order chi connectivity index (χ1) is 8.56. The lowest BCUT2D eigenvalue weighted by Crippen LogP contribution is -2.11. The fraction of sp³-hybridized carbons (Fsp3) is 0.0714. The first-order valence-corrected chi connectivity index (χ1v) is 5.53. The molecule has 0 spiro atoms. The Kier molecular flexibility index (Phi) is 3.19. The van der Waals surface area contributed by atoms with E-state index in [2.05, 4.69) is 5.32 Å². The molecule has 0 saturated carbocycles. The summed E-state index contributed by atoms with van der Waals surface area (Å²) in [7, 11) is 0. The molecule has 2 aromatic rings. The van der Waals surface area contributed by atoms with Crippen molar-refractivity contribution in [2.24, 2.45) is 0 Å². The van der Waals surface area contributed by atoms with Crippen molar-refractivity contribution >= 4 is 17.3 Å². The highest BCUT2D eigenvalue weighted by Gasteiger charge is 2.06. The number of rotatable bonds is 2. The average molecular weight is 242 g/mol. The number of amides is 1. The van der Waals surface area contributed by atoms with Gasteiger partial charge in [0.15, 0.2) is 0 Å². The maximum absolute atomic E-state index is 11.9. The third-order valence-corrected chi connectivity index (χ3v) is 2.67. The summed E-state index contributed by atoms with van der Waals surface area (Å²) in [6.45, 7) is 1.90. The molecule has 0 aliphatic rings. The normalized spacial score (nSPS) is 10.1. The van der Waals surface area contributed by atoms with Crippen molar-refractivity contribution in [1.82, 2.24) is 0 Å². The van der Waals surface area contributed by atoms with Crippen LogP contribution in [0.25, 0.3) is 0 Å². The van der Waals surface area contributed by atoms with Gasteiger partial charge < -0.3 is 16.2 Å². The SMILES string of the molecule is Cc1ccc(NC(=O)c2ccc(O)cc2)cc1N. The van der Waals surface area contributed by atoms with E-state index in [-0.39, 0.29) is 11.7 Å². The number of carbonyl (C=O) groups excluding carboxylic acids is 1. The number of aromatic hydroxyl groups is 1. The predicted octanol–water partition coefficient (Wildman–Crippen LogP) is 2.54. The van der Waals surface area contributed by atoms with Crippen molar-refractivity contribution in [3.63, 3.8) is 0 Å². The molecule has 4 N–H and O–H groups in total. The number of phenolic OH excluding ortho intramolecular Hbond substituents is 1. The van der Waals surface area contributed by atoms with Crippen LogP contribution in [0.4, 0.5) is 11.4 Å². The number of aryl methyl sites for hydroxylation is 1. The van der Waals surface area contributed by atoms with Crippen molar-refractivity contribution in [3.8, 4) is 5.75 Å². The maximum atomic E-state index is 11.9. The highest BCUT2D eigenvalue weighted by molar-refractivity contribution is 6.04. The van der Waals surface area contributed by atoms with E-state index < -0.39 is 0 Å². The van der Waals surface area contributed by atoms with Crippen LogP contribution in [0.15, 0.2) is 42.5 Å². The Morgan fingerprint density at radius 2 is 1.83 bits per heavy atom. The number of hydrogen-bond acceptors (Lipinski definition) is 3. The smallest absolute Gasteiger partial charge is 0.255 e. The molecule has 0 saturated heterocycles. The topological polar surface area (TPSA) is 75.3 Å². The van der Waals surface area contributed by atoms with Gasteiger partial charge in [0.05, 0.1) is 0 Å². The molecule has 2 rings (SSSR count). The van der Waals surface area contributed by atoms with E-state index in [4.69, 9.17) is 10.8 Å². The van der Waals surface area contributed by atoms with Crippen LogP contribution in [-0.2, 0) is 0 Å². The van der Waals surface area contributed by atoms with Crippen molar-refractivity contribution in [2.45, 2.75) is 6.92 Å². The van der Waals surface area contributed by atoms with Gasteiger partial charge in [0.2, 0.25) is 0 Å². The van der Waals surface area contributed by atoms with Gasteiger partial charge in [-0.25, -0.2) is 0 Å². The summed E-state index contributed by atoms with van der Waals surface area (Å²) >= 11 is 0. The lowest BCUT2D eigenvalue weighted by Gasteiger charge is -2.07. The molecular formula is C14H14N2O2. The van der Waals surface area contributed by atoms with Crippen LogP contribution < -0.4 is 11.1 Å². The monoisotopic (exact) mass is 242 g/mol. The van der Waals surface area contributed by atoms with Crippen LogP contribution in [0.3, 0.4) is 0 Å². The minimum Gasteiger partial charge on any atom is -0.508 e. The average Bonchev–Trinajstić information content (AvgIpc) is 2.34. The van der Waals surface area contributed by atoms with Gasteiger partial charge in [0.1, 0.15) is 5.75 Å². The minimum atomic E-state index is -0.238. The van der Waals surface area contributed by atoms with E-state index in [0.717, 1.165) is 5.56 Å². The molecule has 0 unspecified atom stereocenters. The van der Waals surface area contributed by atoms with Gasteiger partial charge in [-0.05, 0) is 48.9 Å². The van der Waals surface area contributed by atoms with Gasteiger partial charge in [-0.1, -0.05) is 6.07 Å². The molecule has 4 heteroatoms. The van der Waals surface area contributed by atoms with E-state index in [9.17, 15) is 4.79 Å². The summed E-state index contributed by atoms with van der Waals surface area (Å²) in [4.78, 5) is 11.9. The Labute approximate surface area is 105 Å². The number of phenols is 1. The Hall–Kier alpha value is -2.49. The molecule has 0 fully saturated rings. The Bertz CT molecular complexity index is 577. The Morgan fingerprint density at radius 1 is 1.17 bits per heavy atom. The molecule has 0 atom stereocenters. The summed E-state index contributed by atoms with van der Waals surface area (Å²) in [5, 5.41) is 11.9. The molecule has 0 heterocycles. The number of carbonyl (C=O) groups is 1. The zero-order valence-electron chi connectivity index (χ0n) is 9.97. The van der Waals surface area contributed by atoms with E-state index in [0.29, 0.717) is 16.9 Å². The fourth-order valence-electron chi connectivity index (χ4n) is 1.53. The second-order valence-electron chi connectivity index (χ2n) is 4.07. The molecule has 0 aliphatic heterocycles. The lowest BCUT2D eigenvalue weighted by atomic mass is 10.1. The maximum Gasteiger partial charge on any atom is 0.255 e. The molecule has 0 aromatic heterocycles. The van der Waals surface area contributed by atoms with Crippen LogP contribution in [0.5, 0.6) is 5.75 Å². The first-order valence-electron chi connectivity index (χ1n) is 5.53. The summed E-state index contributed by atoms with van der Waals surface area (Å²) in [5.41, 5.74) is 8.51. The van der Waals surface area contributed by atoms with E-state index >= 15 is 0 Å². The Morgan fingerprint density at radius 3 is 2.44 bits per heavy atom. The first kappa shape index (κ1) is 12.0. The second-order valence-corrected chi connectivity index (χ2v) is 4.07. The summed E-state index contributed by atoms with van der Waals surface area (Å²) in [6, 6.07) is 11.4. The summed E-state index contributed by atoms with van der Waals surface area (Å²) < 4.78 is 0. The third kappa shape index (κ3) is 2.60. The Balaban J connectivity index is 2.16. The predicted molar refractivity (Wildman–Crippen MR) is 71.7 cm³/mol. The van der Waals surface area contributed by atoms with Crippen molar-refractivity contribution < 1.29 is 9.90 Å². The van der Waals surface area contributed by atoms with E-state index in [1.807, 2.05) is 13.0 Å². The van der Waals surface area contributed by atoms with Gasteiger partial charge in [0.25, 0.3) is 5.91 Å². The number of nitrogens with one attached hydrogen (secondary N) is 1. The second kappa shape index (κ2) is 4.79. The molecule has 92 valence electrons. The fourth-order valence-corrected chi connectivity index (χ4v) is 1.53. The van der Waals surface area contributed by atoms with Crippen molar-refractivity contribution in [3.05, 3.63) is 53.6 Å². The molecule has 0 bridgehead atoms. The number of anilines is 2. The highest BCUT2D eigenvalue weighted by Crippen LogP contribution is 2.18. The molecule has 2 aromatic carbocycles. The largest absolute Gasteiger partial charge is 0.508 e. The number of benzene rings is 2. The minimum absolute atomic E-state index is 0.131. The quantitative estimate of drug-likeness (QED) is 0.708. The number of nitrogen functional groups attached to an aromatic ring is 1. The zero-order valence-corrected chi connectivity index (χ0v) is 9.97. The van der Waals surface area contributed by atoms with E-state index in [1.54, 1.807) is 24.3 Å². The third-order valence-electron chi connectivity index (χ3n) is 2.67. The summed E-state index contributed by atoms with van der Waals surface area (Å²) in [6.07, 6.45) is 0. The lowest BCUT2D eigenvalue weighted by molar-refractivity contribution is 0.102. The van der Waals surface area contributed by atoms with E-state index in [1.165, 1.54) is 12.1 Å². The van der Waals surface area contributed by atoms with Crippen molar-refractivity contribution in [1.29, 1.82) is 0 Å². The molecule has 18 heavy (non-hydrogen) atoms. The molecule has 0 radical (unpaired) electrons. The van der Waals surface area contributed by atoms with Crippen LogP contribution in [-0.4, -0.2) is 11.0 Å². The van der Waals surface area contributed by atoms with Gasteiger partial charge in [-0.3, -0.25) is 4.79 Å². The van der Waals surface area contributed by atoms with Gasteiger partial charge >= 0.3 is 0 Å². The van der Waals surface area contributed by atoms with Crippen LogP contribution in [0, 0.1) is 6.92 Å². The van der Waals surface area contributed by atoms with Gasteiger partial charge in [-0.2, -0.15) is 0 Å². The van der Waals surface area contributed by atoms with Crippen LogP contribution in [0.1, 0.15) is 15.9 Å². The standard InChI is InChI=1S/C14H14N2O2/c1-9-2-5-11(8-13(9)15)16-14(18)10-3-6-12(17)7-4-10/h2-8,17H,15H2,1H3,(H,16,18). The zero-order chi connectivity index (χ0) is 13.1. The highest BCUT2D eigenvalue weighted by atomic mass is 16.3. The molecular weight excluding hydrogens is 228 g/mol. The van der Waals surface area contributed by atoms with Crippen LogP contribution >= 0.6 is 0 Å².